The number of carbonyl (C=O) groups is 1. The molecule has 0 saturated carbocycles. The Morgan fingerprint density at radius 2 is 2.00 bits per heavy atom. The van der Waals surface area contributed by atoms with Gasteiger partial charge in [-0.2, -0.15) is 10.2 Å². The van der Waals surface area contributed by atoms with Crippen molar-refractivity contribution in [2.75, 3.05) is 0 Å². The Morgan fingerprint density at radius 1 is 1.21 bits per heavy atom. The molecule has 144 valence electrons. The molecule has 0 spiro atoms. The number of benzene rings is 1. The quantitative estimate of drug-likeness (QED) is 0.396. The zero-order valence-electron chi connectivity index (χ0n) is 15.7. The lowest BCUT2D eigenvalue weighted by Gasteiger charge is -2.00. The Bertz CT molecular complexity index is 1130. The fourth-order valence-corrected chi connectivity index (χ4v) is 3.41. The molecule has 4 rings (SSSR count). The Kier molecular flexibility index (Phi) is 5.53. The highest BCUT2D eigenvalue weighted by Gasteiger charge is 2.11. The molecule has 3 aromatic heterocycles. The lowest BCUT2D eigenvalue weighted by molar-refractivity contribution is -0.120. The van der Waals surface area contributed by atoms with Crippen LogP contribution in [-0.4, -0.2) is 31.9 Å². The van der Waals surface area contributed by atoms with E-state index in [4.69, 9.17) is 5.10 Å². The van der Waals surface area contributed by atoms with E-state index in [2.05, 4.69) is 20.5 Å². The summed E-state index contributed by atoms with van der Waals surface area (Å²) in [6.45, 7) is 1.91. The highest BCUT2D eigenvalue weighted by molar-refractivity contribution is 7.09. The van der Waals surface area contributed by atoms with Crippen LogP contribution in [0.2, 0.25) is 0 Å². The first kappa shape index (κ1) is 18.7. The van der Waals surface area contributed by atoms with Crippen molar-refractivity contribution in [2.24, 2.45) is 5.10 Å². The van der Waals surface area contributed by atoms with Gasteiger partial charge in [0.1, 0.15) is 5.69 Å². The lowest BCUT2D eigenvalue weighted by atomic mass is 10.1. The molecular weight excluding hydrogens is 384 g/mol. The number of hydrogen-bond donors (Lipinski definition) is 1. The summed E-state index contributed by atoms with van der Waals surface area (Å²) in [6.07, 6.45) is 7.12. The van der Waals surface area contributed by atoms with Crippen molar-refractivity contribution in [3.63, 3.8) is 0 Å². The second-order valence-electron chi connectivity index (χ2n) is 6.28. The van der Waals surface area contributed by atoms with E-state index in [9.17, 15) is 4.79 Å². The Morgan fingerprint density at radius 3 is 2.72 bits per heavy atom. The SMILES string of the molecule is Cc1nc(CC(=O)N/N=C\c2cn(-c3ccccc3)nc2-c2ccncc2)cs1. The molecule has 0 aliphatic heterocycles. The number of pyridine rings is 1. The molecule has 1 amide bonds. The van der Waals surface area contributed by atoms with Gasteiger partial charge < -0.3 is 0 Å². The van der Waals surface area contributed by atoms with Crippen LogP contribution in [0.4, 0.5) is 0 Å². The van der Waals surface area contributed by atoms with Gasteiger partial charge in [0.05, 0.1) is 29.0 Å². The molecular formula is C21H18N6OS. The van der Waals surface area contributed by atoms with Crippen molar-refractivity contribution in [1.82, 2.24) is 25.2 Å². The van der Waals surface area contributed by atoms with Gasteiger partial charge in [-0.05, 0) is 31.2 Å². The van der Waals surface area contributed by atoms with Crippen LogP contribution in [0.1, 0.15) is 16.3 Å². The van der Waals surface area contributed by atoms with Gasteiger partial charge in [0.2, 0.25) is 5.91 Å². The van der Waals surface area contributed by atoms with Crippen molar-refractivity contribution in [3.05, 3.63) is 82.7 Å². The van der Waals surface area contributed by atoms with E-state index in [-0.39, 0.29) is 12.3 Å². The average molecular weight is 402 g/mol. The van der Waals surface area contributed by atoms with Crippen molar-refractivity contribution < 1.29 is 4.79 Å². The van der Waals surface area contributed by atoms with Crippen LogP contribution in [0.3, 0.4) is 0 Å². The summed E-state index contributed by atoms with van der Waals surface area (Å²) in [5, 5.41) is 11.6. The minimum absolute atomic E-state index is 0.197. The number of thiazole rings is 1. The smallest absolute Gasteiger partial charge is 0.246 e. The number of rotatable bonds is 6. The summed E-state index contributed by atoms with van der Waals surface area (Å²) in [5.74, 6) is -0.215. The van der Waals surface area contributed by atoms with Gasteiger partial charge in [-0.1, -0.05) is 18.2 Å². The highest BCUT2D eigenvalue weighted by Crippen LogP contribution is 2.22. The van der Waals surface area contributed by atoms with E-state index >= 15 is 0 Å². The van der Waals surface area contributed by atoms with Crippen LogP contribution >= 0.6 is 11.3 Å². The van der Waals surface area contributed by atoms with E-state index in [1.165, 1.54) is 11.3 Å². The fraction of sp³-hybridized carbons (Fsp3) is 0.0952. The molecule has 7 nitrogen and oxygen atoms in total. The number of aromatic nitrogens is 4. The molecule has 29 heavy (non-hydrogen) atoms. The molecule has 0 aliphatic rings. The van der Waals surface area contributed by atoms with Gasteiger partial charge in [-0.15, -0.1) is 11.3 Å². The summed E-state index contributed by atoms with van der Waals surface area (Å²) >= 11 is 1.52. The third kappa shape index (κ3) is 4.61. The van der Waals surface area contributed by atoms with Crippen molar-refractivity contribution in [2.45, 2.75) is 13.3 Å². The number of carbonyl (C=O) groups excluding carboxylic acids is 1. The first-order valence-electron chi connectivity index (χ1n) is 8.97. The van der Waals surface area contributed by atoms with Crippen LogP contribution in [0, 0.1) is 6.92 Å². The Balaban J connectivity index is 1.56. The third-order valence-electron chi connectivity index (χ3n) is 4.12. The van der Waals surface area contributed by atoms with Crippen LogP contribution < -0.4 is 5.43 Å². The molecule has 1 aromatic carbocycles. The summed E-state index contributed by atoms with van der Waals surface area (Å²) in [6, 6.07) is 13.6. The van der Waals surface area contributed by atoms with Crippen molar-refractivity contribution >= 4 is 23.5 Å². The summed E-state index contributed by atoms with van der Waals surface area (Å²) in [4.78, 5) is 20.5. The average Bonchev–Trinajstić information content (AvgIpc) is 3.35. The number of hydrogen-bond acceptors (Lipinski definition) is 6. The van der Waals surface area contributed by atoms with Gasteiger partial charge in [-0.25, -0.2) is 15.1 Å². The summed E-state index contributed by atoms with van der Waals surface area (Å²) in [7, 11) is 0. The molecule has 3 heterocycles. The molecule has 0 unspecified atom stereocenters. The van der Waals surface area contributed by atoms with E-state index < -0.39 is 0 Å². The van der Waals surface area contributed by atoms with E-state index in [0.29, 0.717) is 0 Å². The molecule has 0 radical (unpaired) electrons. The van der Waals surface area contributed by atoms with E-state index in [1.807, 2.05) is 61.0 Å². The minimum Gasteiger partial charge on any atom is -0.273 e. The summed E-state index contributed by atoms with van der Waals surface area (Å²) in [5.41, 5.74) is 6.70. The van der Waals surface area contributed by atoms with Crippen molar-refractivity contribution in [3.8, 4) is 16.9 Å². The number of para-hydroxylation sites is 1. The van der Waals surface area contributed by atoms with Gasteiger partial charge in [0.25, 0.3) is 0 Å². The normalized spacial score (nSPS) is 11.1. The van der Waals surface area contributed by atoms with Crippen LogP contribution in [0.25, 0.3) is 16.9 Å². The molecule has 0 fully saturated rings. The minimum atomic E-state index is -0.215. The molecule has 8 heteroatoms. The van der Waals surface area contributed by atoms with Gasteiger partial charge >= 0.3 is 0 Å². The molecule has 0 saturated heterocycles. The van der Waals surface area contributed by atoms with E-state index in [0.717, 1.165) is 33.2 Å². The lowest BCUT2D eigenvalue weighted by Crippen LogP contribution is -2.19. The Labute approximate surface area is 171 Å². The Hall–Kier alpha value is -3.65. The number of nitrogens with one attached hydrogen (secondary N) is 1. The maximum absolute atomic E-state index is 12.1. The second-order valence-corrected chi connectivity index (χ2v) is 7.34. The number of hydrazone groups is 1. The number of amides is 1. The predicted octanol–water partition coefficient (Wildman–Crippen LogP) is 3.39. The molecule has 0 atom stereocenters. The standard InChI is InChI=1S/C21H18N6OS/c1-15-24-18(14-29-15)11-20(28)25-23-12-17-13-27(19-5-3-2-4-6-19)26-21(17)16-7-9-22-10-8-16/h2-10,12-14H,11H2,1H3,(H,25,28)/b23-12-. The largest absolute Gasteiger partial charge is 0.273 e. The zero-order chi connectivity index (χ0) is 20.1. The molecule has 1 N–H and O–H groups in total. The summed E-state index contributed by atoms with van der Waals surface area (Å²) < 4.78 is 1.79. The molecule has 0 aliphatic carbocycles. The van der Waals surface area contributed by atoms with E-state index in [1.54, 1.807) is 23.3 Å². The van der Waals surface area contributed by atoms with Crippen LogP contribution in [0.15, 0.2) is 71.5 Å². The zero-order valence-corrected chi connectivity index (χ0v) is 16.5. The number of aryl methyl sites for hydroxylation is 1. The topological polar surface area (TPSA) is 85.1 Å². The first-order valence-corrected chi connectivity index (χ1v) is 9.85. The third-order valence-corrected chi connectivity index (χ3v) is 4.94. The van der Waals surface area contributed by atoms with Crippen molar-refractivity contribution in [1.29, 1.82) is 0 Å². The highest BCUT2D eigenvalue weighted by atomic mass is 32.1. The van der Waals surface area contributed by atoms with Gasteiger partial charge in [0.15, 0.2) is 0 Å². The molecule has 4 aromatic rings. The maximum atomic E-state index is 12.1. The van der Waals surface area contributed by atoms with Crippen LogP contribution in [0.5, 0.6) is 0 Å². The fourth-order valence-electron chi connectivity index (χ4n) is 2.80. The predicted molar refractivity (Wildman–Crippen MR) is 113 cm³/mol. The first-order chi connectivity index (χ1) is 14.2. The van der Waals surface area contributed by atoms with Gasteiger partial charge in [0, 0.05) is 35.1 Å². The monoisotopic (exact) mass is 402 g/mol. The van der Waals surface area contributed by atoms with Crippen LogP contribution in [-0.2, 0) is 11.2 Å². The molecule has 0 bridgehead atoms. The number of nitrogens with zero attached hydrogens (tertiary/aromatic N) is 5. The van der Waals surface area contributed by atoms with Gasteiger partial charge in [-0.3, -0.25) is 9.78 Å². The second kappa shape index (κ2) is 8.57. The maximum Gasteiger partial charge on any atom is 0.246 e.